The van der Waals surface area contributed by atoms with Crippen molar-refractivity contribution < 1.29 is 9.90 Å². The number of aromatic carboxylic acids is 1. The van der Waals surface area contributed by atoms with Crippen LogP contribution in [0, 0.1) is 6.92 Å². The summed E-state index contributed by atoms with van der Waals surface area (Å²) < 4.78 is 1.64. The molecule has 0 amide bonds. The summed E-state index contributed by atoms with van der Waals surface area (Å²) in [6, 6.07) is 2.59. The molecular formula is C14H15ClN2O3. The van der Waals surface area contributed by atoms with E-state index in [1.165, 1.54) is 12.1 Å². The van der Waals surface area contributed by atoms with Crippen LogP contribution in [0.15, 0.2) is 23.1 Å². The van der Waals surface area contributed by atoms with Crippen LogP contribution in [0.5, 0.6) is 0 Å². The number of carboxylic acids is 1. The van der Waals surface area contributed by atoms with Gasteiger partial charge in [-0.3, -0.25) is 9.47 Å². The molecule has 6 heteroatoms. The van der Waals surface area contributed by atoms with Crippen molar-refractivity contribution in [2.75, 3.05) is 12.0 Å². The maximum Gasteiger partial charge on any atom is 0.338 e. The lowest BCUT2D eigenvalue weighted by Crippen LogP contribution is -2.22. The number of hydrogen-bond acceptors (Lipinski definition) is 3. The van der Waals surface area contributed by atoms with Crippen molar-refractivity contribution in [3.63, 3.8) is 0 Å². The molecule has 1 aliphatic carbocycles. The number of hydrogen-bond donors (Lipinski definition) is 2. The van der Waals surface area contributed by atoms with Crippen LogP contribution in [0.2, 0.25) is 5.02 Å². The summed E-state index contributed by atoms with van der Waals surface area (Å²) in [5.41, 5.74) is 4.33. The molecule has 0 spiro atoms. The van der Waals surface area contributed by atoms with Crippen LogP contribution in [0.3, 0.4) is 0 Å². The fourth-order valence-electron chi connectivity index (χ4n) is 2.14. The molecule has 5 nitrogen and oxygen atoms in total. The summed E-state index contributed by atoms with van der Waals surface area (Å²) in [7, 11) is 0. The molecule has 0 atom stereocenters. The van der Waals surface area contributed by atoms with E-state index in [4.69, 9.17) is 11.6 Å². The average Bonchev–Trinajstić information content (AvgIpc) is 2.36. The van der Waals surface area contributed by atoms with Crippen molar-refractivity contribution in [1.29, 1.82) is 0 Å². The van der Waals surface area contributed by atoms with E-state index in [1.54, 1.807) is 17.8 Å². The topological polar surface area (TPSA) is 71.3 Å². The number of carboxylic acid groups (broad SMARTS) is 1. The lowest BCUT2D eigenvalue weighted by atomic mass is 9.98. The Balaban J connectivity index is 2.79. The smallest absolute Gasteiger partial charge is 0.338 e. The van der Waals surface area contributed by atoms with E-state index in [1.807, 2.05) is 6.92 Å². The zero-order valence-electron chi connectivity index (χ0n) is 11.2. The third-order valence-electron chi connectivity index (χ3n) is 3.10. The van der Waals surface area contributed by atoms with Crippen LogP contribution in [0.1, 0.15) is 29.4 Å². The molecule has 1 aliphatic heterocycles. The predicted molar refractivity (Wildman–Crippen MR) is 78.5 cm³/mol. The highest BCUT2D eigenvalue weighted by molar-refractivity contribution is 6.33. The minimum Gasteiger partial charge on any atom is -0.478 e. The van der Waals surface area contributed by atoms with Gasteiger partial charge in [-0.05, 0) is 19.4 Å². The van der Waals surface area contributed by atoms with Crippen LogP contribution in [0.25, 0.3) is 11.1 Å². The molecule has 0 bridgehead atoms. The molecule has 0 aromatic heterocycles. The number of halogens is 1. The Morgan fingerprint density at radius 1 is 1.40 bits per heavy atom. The van der Waals surface area contributed by atoms with Crippen LogP contribution in [-0.2, 0) is 0 Å². The van der Waals surface area contributed by atoms with Gasteiger partial charge >= 0.3 is 5.97 Å². The molecule has 0 aromatic rings. The molecular weight excluding hydrogens is 280 g/mol. The number of nitrogens with zero attached hydrogens (tertiary/aromatic N) is 1. The van der Waals surface area contributed by atoms with Gasteiger partial charge in [-0.25, -0.2) is 4.79 Å². The third-order valence-corrected chi connectivity index (χ3v) is 3.41. The van der Waals surface area contributed by atoms with E-state index in [-0.39, 0.29) is 16.0 Å². The lowest BCUT2D eigenvalue weighted by Gasteiger charge is -2.20. The standard InChI is InChI=1S/C14H15ClN2O3/c1-3-4-16-17-7-11-10(5-9(18)6-12(11)15)13(8(17)2)14(19)20/h5-7,16H,3-4H2,1-2H3,(H,19,20). The molecule has 0 radical (unpaired) electrons. The van der Waals surface area contributed by atoms with E-state index in [0.29, 0.717) is 23.4 Å². The van der Waals surface area contributed by atoms with Crippen molar-refractivity contribution in [3.8, 4) is 11.1 Å². The van der Waals surface area contributed by atoms with E-state index in [9.17, 15) is 14.7 Å². The average molecular weight is 295 g/mol. The van der Waals surface area contributed by atoms with E-state index in [2.05, 4.69) is 5.43 Å². The second-order valence-electron chi connectivity index (χ2n) is 4.54. The van der Waals surface area contributed by atoms with Crippen LogP contribution < -0.4 is 10.9 Å². The molecule has 0 unspecified atom stereocenters. The van der Waals surface area contributed by atoms with Gasteiger partial charge < -0.3 is 10.5 Å². The molecule has 0 saturated heterocycles. The molecule has 0 fully saturated rings. The first-order valence-electron chi connectivity index (χ1n) is 6.28. The van der Waals surface area contributed by atoms with Gasteiger partial charge in [-0.1, -0.05) is 18.5 Å². The molecule has 2 aliphatic rings. The van der Waals surface area contributed by atoms with Gasteiger partial charge in [0.25, 0.3) is 0 Å². The predicted octanol–water partition coefficient (Wildman–Crippen LogP) is 2.57. The van der Waals surface area contributed by atoms with Gasteiger partial charge in [0, 0.05) is 29.9 Å². The highest BCUT2D eigenvalue weighted by Gasteiger charge is 2.21. The van der Waals surface area contributed by atoms with Crippen LogP contribution in [0.4, 0.5) is 0 Å². The number of carbonyl (C=O) groups is 1. The van der Waals surface area contributed by atoms with Crippen molar-refractivity contribution in [1.82, 2.24) is 4.68 Å². The Labute approximate surface area is 121 Å². The quantitative estimate of drug-likeness (QED) is 0.909. The second-order valence-corrected chi connectivity index (χ2v) is 4.95. The second kappa shape index (κ2) is 5.54. The molecule has 0 saturated carbocycles. The monoisotopic (exact) mass is 294 g/mol. The van der Waals surface area contributed by atoms with Gasteiger partial charge in [0.1, 0.15) is 0 Å². The zero-order valence-corrected chi connectivity index (χ0v) is 12.0. The summed E-state index contributed by atoms with van der Waals surface area (Å²) in [6.07, 6.45) is 2.62. The van der Waals surface area contributed by atoms with Gasteiger partial charge in [0.2, 0.25) is 0 Å². The molecule has 2 N–H and O–H groups in total. The Hall–Kier alpha value is -2.01. The van der Waals surface area contributed by atoms with Crippen molar-refractivity contribution in [3.05, 3.63) is 44.8 Å². The van der Waals surface area contributed by atoms with Crippen molar-refractivity contribution >= 4 is 17.6 Å². The summed E-state index contributed by atoms with van der Waals surface area (Å²) in [5.74, 6) is -1.08. The van der Waals surface area contributed by atoms with Gasteiger partial charge in [0.05, 0.1) is 16.3 Å². The minimum atomic E-state index is -1.08. The van der Waals surface area contributed by atoms with Crippen molar-refractivity contribution in [2.24, 2.45) is 0 Å². The number of pyridine rings is 1. The van der Waals surface area contributed by atoms with E-state index in [0.717, 1.165) is 6.42 Å². The Kier molecular flexibility index (Phi) is 3.99. The van der Waals surface area contributed by atoms with Gasteiger partial charge in [-0.2, -0.15) is 0 Å². The summed E-state index contributed by atoms with van der Waals surface area (Å²) in [4.78, 5) is 23.0. The van der Waals surface area contributed by atoms with E-state index >= 15 is 0 Å². The largest absolute Gasteiger partial charge is 0.478 e. The number of nitrogens with one attached hydrogen (secondary N) is 1. The fourth-order valence-corrected chi connectivity index (χ4v) is 2.40. The summed E-state index contributed by atoms with van der Waals surface area (Å²) in [6.45, 7) is 4.41. The Bertz CT molecular complexity index is 694. The fraction of sp³-hybridized carbons (Fsp3) is 0.286. The first kappa shape index (κ1) is 14.4. The number of aromatic nitrogens is 1. The first-order chi connectivity index (χ1) is 9.45. The molecule has 106 valence electrons. The number of rotatable bonds is 4. The maximum absolute atomic E-state index is 11.5. The highest BCUT2D eigenvalue weighted by atomic mass is 35.5. The molecule has 1 heterocycles. The normalized spacial score (nSPS) is 10.8. The minimum absolute atomic E-state index is 0.0886. The number of benzene rings is 1. The summed E-state index contributed by atoms with van der Waals surface area (Å²) in [5, 5.41) is 9.66. The molecule has 0 aromatic carbocycles. The SMILES string of the molecule is CCCNn1cc2c(Cl)cc(=O)cc-2c(C(=O)O)c1C. The van der Waals surface area contributed by atoms with E-state index < -0.39 is 5.97 Å². The Morgan fingerprint density at radius 3 is 2.70 bits per heavy atom. The third kappa shape index (κ3) is 2.49. The maximum atomic E-state index is 11.5. The Morgan fingerprint density at radius 2 is 2.10 bits per heavy atom. The van der Waals surface area contributed by atoms with Crippen LogP contribution in [-0.4, -0.2) is 22.3 Å². The van der Waals surface area contributed by atoms with Crippen LogP contribution >= 0.6 is 11.6 Å². The summed E-state index contributed by atoms with van der Waals surface area (Å²) >= 11 is 6.06. The lowest BCUT2D eigenvalue weighted by molar-refractivity contribution is 0.0696. The molecule has 20 heavy (non-hydrogen) atoms. The first-order valence-corrected chi connectivity index (χ1v) is 6.66. The van der Waals surface area contributed by atoms with Crippen molar-refractivity contribution in [2.45, 2.75) is 20.3 Å². The molecule has 2 rings (SSSR count). The zero-order chi connectivity index (χ0) is 14.9. The highest BCUT2D eigenvalue weighted by Crippen LogP contribution is 2.32. The number of fused-ring (bicyclic) bond motifs is 1. The van der Waals surface area contributed by atoms with Gasteiger partial charge in [0.15, 0.2) is 5.43 Å². The van der Waals surface area contributed by atoms with Gasteiger partial charge in [-0.15, -0.1) is 0 Å².